The monoisotopic (exact) mass is 518 g/mol. The summed E-state index contributed by atoms with van der Waals surface area (Å²) >= 11 is 0. The summed E-state index contributed by atoms with van der Waals surface area (Å²) in [5.41, 5.74) is 0. The highest BCUT2D eigenvalue weighted by atomic mass is 19.3. The number of allylic oxidation sites excluding steroid dienone is 2. The van der Waals surface area contributed by atoms with E-state index in [0.29, 0.717) is 24.4 Å². The van der Waals surface area contributed by atoms with Crippen molar-refractivity contribution in [1.29, 1.82) is 0 Å². The fourth-order valence-electron chi connectivity index (χ4n) is 8.70. The molecule has 2 atom stereocenters. The van der Waals surface area contributed by atoms with Gasteiger partial charge in [-0.3, -0.25) is 0 Å². The summed E-state index contributed by atoms with van der Waals surface area (Å²) in [5, 5.41) is 0. The number of hydrogen-bond donors (Lipinski definition) is 0. The quantitative estimate of drug-likeness (QED) is 0.195. The first-order valence-electron chi connectivity index (χ1n) is 16.4. The molecule has 212 valence electrons. The average molecular weight is 519 g/mol. The van der Waals surface area contributed by atoms with Crippen LogP contribution >= 0.6 is 0 Å². The van der Waals surface area contributed by atoms with Gasteiger partial charge in [-0.05, 0) is 132 Å². The summed E-state index contributed by atoms with van der Waals surface area (Å²) < 4.78 is 30.7. The van der Waals surface area contributed by atoms with Gasteiger partial charge in [0.1, 0.15) is 0 Å². The van der Waals surface area contributed by atoms with Crippen LogP contribution in [-0.2, 0) is 4.74 Å². The minimum absolute atomic E-state index is 0.526. The lowest BCUT2D eigenvalue weighted by molar-refractivity contribution is -0.00961. The van der Waals surface area contributed by atoms with E-state index in [-0.39, 0.29) is 0 Å². The van der Waals surface area contributed by atoms with E-state index in [1.54, 1.807) is 0 Å². The first-order valence-corrected chi connectivity index (χ1v) is 16.4. The number of rotatable bonds is 11. The maximum absolute atomic E-state index is 12.3. The van der Waals surface area contributed by atoms with Crippen molar-refractivity contribution in [2.24, 2.45) is 41.4 Å². The predicted octanol–water partition coefficient (Wildman–Crippen LogP) is 10.9. The SMILES string of the molecule is C/C=C/C1CCC(CCCCC2CCC(C3CCC(C4CCC(CCC=C(F)F)CC4)CC3)CC2)OC1. The molecule has 0 aromatic carbocycles. The Morgan fingerprint density at radius 2 is 1.16 bits per heavy atom. The molecule has 4 rings (SSSR count). The van der Waals surface area contributed by atoms with Gasteiger partial charge in [-0.1, -0.05) is 57.1 Å². The van der Waals surface area contributed by atoms with E-state index in [1.807, 2.05) is 0 Å². The molecular weight excluding hydrogens is 462 g/mol. The molecule has 0 amide bonds. The smallest absolute Gasteiger partial charge is 0.266 e. The van der Waals surface area contributed by atoms with Crippen molar-refractivity contribution < 1.29 is 13.5 Å². The van der Waals surface area contributed by atoms with Crippen LogP contribution in [0.5, 0.6) is 0 Å². The molecule has 2 unspecified atom stereocenters. The van der Waals surface area contributed by atoms with Gasteiger partial charge in [0.2, 0.25) is 0 Å². The van der Waals surface area contributed by atoms with Crippen LogP contribution in [0.15, 0.2) is 24.3 Å². The second-order valence-corrected chi connectivity index (χ2v) is 13.4. The number of halogens is 2. The molecule has 37 heavy (non-hydrogen) atoms. The molecule has 0 aromatic heterocycles. The molecule has 4 aliphatic rings. The van der Waals surface area contributed by atoms with E-state index in [2.05, 4.69) is 19.1 Å². The molecule has 0 bridgehead atoms. The van der Waals surface area contributed by atoms with Gasteiger partial charge in [0.05, 0.1) is 12.7 Å². The van der Waals surface area contributed by atoms with Crippen LogP contribution in [0.1, 0.15) is 135 Å². The standard InChI is InChI=1S/C34H56F2O/c1-2-6-28-15-24-33(37-25-28)9-4-3-7-26-11-16-29(17-12-26)31-20-22-32(23-21-31)30-18-13-27(14-19-30)8-5-10-34(35)36/h2,6,10,26-33H,3-5,7-9,11-25H2,1H3/b6-2+. The zero-order valence-corrected chi connectivity index (χ0v) is 23.9. The Balaban J connectivity index is 1.03. The lowest BCUT2D eigenvalue weighted by Gasteiger charge is -2.41. The summed E-state index contributed by atoms with van der Waals surface area (Å²) in [6, 6.07) is 0. The van der Waals surface area contributed by atoms with Crippen LogP contribution in [-0.4, -0.2) is 12.7 Å². The van der Waals surface area contributed by atoms with Crippen LogP contribution in [0.2, 0.25) is 0 Å². The summed E-state index contributed by atoms with van der Waals surface area (Å²) in [7, 11) is 0. The van der Waals surface area contributed by atoms with Gasteiger partial charge in [-0.15, -0.1) is 0 Å². The zero-order valence-electron chi connectivity index (χ0n) is 23.9. The zero-order chi connectivity index (χ0) is 25.9. The fourth-order valence-corrected chi connectivity index (χ4v) is 8.70. The third kappa shape index (κ3) is 9.77. The van der Waals surface area contributed by atoms with Crippen molar-refractivity contribution in [3.63, 3.8) is 0 Å². The van der Waals surface area contributed by atoms with E-state index in [1.165, 1.54) is 116 Å². The largest absolute Gasteiger partial charge is 0.378 e. The van der Waals surface area contributed by atoms with E-state index in [0.717, 1.165) is 48.7 Å². The lowest BCUT2D eigenvalue weighted by Crippen LogP contribution is -2.29. The van der Waals surface area contributed by atoms with Crippen molar-refractivity contribution in [2.75, 3.05) is 6.61 Å². The topological polar surface area (TPSA) is 9.23 Å². The van der Waals surface area contributed by atoms with Crippen molar-refractivity contribution >= 4 is 0 Å². The Kier molecular flexibility index (Phi) is 12.5. The van der Waals surface area contributed by atoms with E-state index in [9.17, 15) is 8.78 Å². The number of hydrogen-bond acceptors (Lipinski definition) is 1. The third-order valence-corrected chi connectivity index (χ3v) is 11.1. The maximum Gasteiger partial charge on any atom is 0.266 e. The van der Waals surface area contributed by atoms with Gasteiger partial charge in [0.25, 0.3) is 6.08 Å². The average Bonchev–Trinajstić information content (AvgIpc) is 2.93. The Morgan fingerprint density at radius 3 is 1.65 bits per heavy atom. The molecule has 0 radical (unpaired) electrons. The third-order valence-electron chi connectivity index (χ3n) is 11.1. The molecule has 0 aromatic rings. The van der Waals surface area contributed by atoms with E-state index in [4.69, 9.17) is 4.74 Å². The van der Waals surface area contributed by atoms with E-state index < -0.39 is 6.08 Å². The Bertz CT molecular complexity index is 666. The molecule has 1 saturated heterocycles. The summed E-state index contributed by atoms with van der Waals surface area (Å²) in [6.45, 7) is 3.05. The van der Waals surface area contributed by atoms with Gasteiger partial charge >= 0.3 is 0 Å². The molecule has 0 spiro atoms. The highest BCUT2D eigenvalue weighted by molar-refractivity contribution is 4.89. The second kappa shape index (κ2) is 15.8. The van der Waals surface area contributed by atoms with Gasteiger partial charge in [-0.25, -0.2) is 0 Å². The summed E-state index contributed by atoms with van der Waals surface area (Å²) in [4.78, 5) is 0. The molecule has 3 aliphatic carbocycles. The molecule has 1 aliphatic heterocycles. The first kappa shape index (κ1) is 29.3. The van der Waals surface area contributed by atoms with Crippen molar-refractivity contribution in [3.8, 4) is 0 Å². The summed E-state index contributed by atoms with van der Waals surface area (Å²) in [5.74, 6) is 6.24. The van der Waals surface area contributed by atoms with Crippen LogP contribution < -0.4 is 0 Å². The molecule has 1 heterocycles. The molecular formula is C34H56F2O. The van der Waals surface area contributed by atoms with Gasteiger partial charge in [-0.2, -0.15) is 8.78 Å². The normalized spacial score (nSPS) is 37.5. The highest BCUT2D eigenvalue weighted by Crippen LogP contribution is 2.46. The van der Waals surface area contributed by atoms with Crippen LogP contribution in [0.4, 0.5) is 8.78 Å². The number of ether oxygens (including phenoxy) is 1. The van der Waals surface area contributed by atoms with Gasteiger partial charge in [0, 0.05) is 5.92 Å². The molecule has 0 N–H and O–H groups in total. The second-order valence-electron chi connectivity index (χ2n) is 13.4. The van der Waals surface area contributed by atoms with Crippen LogP contribution in [0.25, 0.3) is 0 Å². The Labute approximate surface area is 227 Å². The first-order chi connectivity index (χ1) is 18.1. The van der Waals surface area contributed by atoms with Crippen molar-refractivity contribution in [2.45, 2.75) is 141 Å². The van der Waals surface area contributed by atoms with Crippen molar-refractivity contribution in [3.05, 3.63) is 24.3 Å². The van der Waals surface area contributed by atoms with E-state index >= 15 is 0 Å². The molecule has 1 nitrogen and oxygen atoms in total. The van der Waals surface area contributed by atoms with Gasteiger partial charge < -0.3 is 4.74 Å². The predicted molar refractivity (Wildman–Crippen MR) is 152 cm³/mol. The highest BCUT2D eigenvalue weighted by Gasteiger charge is 2.34. The summed E-state index contributed by atoms with van der Waals surface area (Å²) in [6.07, 6.45) is 31.4. The minimum Gasteiger partial charge on any atom is -0.378 e. The van der Waals surface area contributed by atoms with Crippen LogP contribution in [0.3, 0.4) is 0 Å². The Morgan fingerprint density at radius 1 is 0.649 bits per heavy atom. The van der Waals surface area contributed by atoms with Crippen LogP contribution in [0, 0.1) is 41.4 Å². The van der Waals surface area contributed by atoms with Gasteiger partial charge in [0.15, 0.2) is 0 Å². The minimum atomic E-state index is -1.50. The number of unbranched alkanes of at least 4 members (excludes halogenated alkanes) is 1. The molecule has 4 fully saturated rings. The molecule has 3 heteroatoms. The Hall–Kier alpha value is -0.700. The molecule has 3 saturated carbocycles. The lowest BCUT2D eigenvalue weighted by atomic mass is 9.64. The maximum atomic E-state index is 12.3. The fraction of sp³-hybridized carbons (Fsp3) is 0.882. The van der Waals surface area contributed by atoms with Crippen molar-refractivity contribution in [1.82, 2.24) is 0 Å².